The smallest absolute Gasteiger partial charge is 0.226 e. The lowest BCUT2D eigenvalue weighted by Gasteiger charge is -2.31. The third-order valence-corrected chi connectivity index (χ3v) is 5.51. The van der Waals surface area contributed by atoms with Crippen molar-refractivity contribution >= 4 is 29.1 Å². The molecule has 1 aliphatic carbocycles. The van der Waals surface area contributed by atoms with Crippen LogP contribution in [0.15, 0.2) is 18.2 Å². The van der Waals surface area contributed by atoms with Crippen LogP contribution >= 0.6 is 23.2 Å². The number of carbonyl (C=O) groups is 1. The first-order valence-corrected chi connectivity index (χ1v) is 8.21. The predicted octanol–water partition coefficient (Wildman–Crippen LogP) is 3.33. The second kappa shape index (κ2) is 6.15. The summed E-state index contributed by atoms with van der Waals surface area (Å²) in [5, 5.41) is 10.3. The topological polar surface area (TPSA) is 40.5 Å². The van der Waals surface area contributed by atoms with Crippen LogP contribution in [-0.2, 0) is 4.79 Å². The minimum atomic E-state index is 0.0478. The van der Waals surface area contributed by atoms with Crippen LogP contribution in [0, 0.1) is 11.8 Å². The molecule has 2 aliphatic rings. The van der Waals surface area contributed by atoms with Gasteiger partial charge in [0.2, 0.25) is 5.91 Å². The van der Waals surface area contributed by atoms with Crippen molar-refractivity contribution in [1.82, 2.24) is 4.90 Å². The summed E-state index contributed by atoms with van der Waals surface area (Å²) < 4.78 is 0. The van der Waals surface area contributed by atoms with E-state index in [-0.39, 0.29) is 24.3 Å². The second-order valence-corrected chi connectivity index (χ2v) is 6.83. The van der Waals surface area contributed by atoms with Gasteiger partial charge in [-0.15, -0.1) is 0 Å². The summed E-state index contributed by atoms with van der Waals surface area (Å²) in [5.41, 5.74) is 0.993. The molecule has 1 saturated carbocycles. The van der Waals surface area contributed by atoms with Crippen molar-refractivity contribution in [3.8, 4) is 0 Å². The number of piperidine rings is 1. The number of likely N-dealkylation sites (tertiary alicyclic amines) is 1. The molecule has 1 aromatic rings. The lowest BCUT2D eigenvalue weighted by Crippen LogP contribution is -2.40. The molecule has 2 unspecified atom stereocenters. The van der Waals surface area contributed by atoms with Crippen molar-refractivity contribution in [1.29, 1.82) is 0 Å². The third kappa shape index (κ3) is 3.05. The number of aliphatic hydroxyl groups excluding tert-OH is 1. The van der Waals surface area contributed by atoms with Crippen molar-refractivity contribution in [3.63, 3.8) is 0 Å². The maximum Gasteiger partial charge on any atom is 0.226 e. The summed E-state index contributed by atoms with van der Waals surface area (Å²) in [6.45, 7) is 1.75. The van der Waals surface area contributed by atoms with E-state index in [2.05, 4.69) is 0 Å². The van der Waals surface area contributed by atoms with E-state index in [1.807, 2.05) is 17.0 Å². The maximum atomic E-state index is 12.5. The maximum absolute atomic E-state index is 12.5. The molecule has 1 aromatic carbocycles. The van der Waals surface area contributed by atoms with Gasteiger partial charge in [-0.2, -0.15) is 0 Å². The summed E-state index contributed by atoms with van der Waals surface area (Å²) in [7, 11) is 0. The van der Waals surface area contributed by atoms with Gasteiger partial charge in [-0.25, -0.2) is 0 Å². The fraction of sp³-hybridized carbons (Fsp3) is 0.562. The van der Waals surface area contributed by atoms with Crippen LogP contribution < -0.4 is 0 Å². The summed E-state index contributed by atoms with van der Waals surface area (Å²) in [6, 6.07) is 5.62. The minimum absolute atomic E-state index is 0.0478. The van der Waals surface area contributed by atoms with E-state index < -0.39 is 0 Å². The Kier molecular flexibility index (Phi) is 4.43. The zero-order valence-corrected chi connectivity index (χ0v) is 13.3. The van der Waals surface area contributed by atoms with Crippen molar-refractivity contribution < 1.29 is 9.90 Å². The number of hydrogen-bond acceptors (Lipinski definition) is 2. The van der Waals surface area contributed by atoms with Crippen LogP contribution in [-0.4, -0.2) is 35.6 Å². The predicted molar refractivity (Wildman–Crippen MR) is 83.7 cm³/mol. The lowest BCUT2D eigenvalue weighted by atomic mass is 9.97. The molecule has 0 spiro atoms. The van der Waals surface area contributed by atoms with Crippen LogP contribution in [0.3, 0.4) is 0 Å². The molecule has 0 bridgehead atoms. The molecule has 2 atom stereocenters. The molecule has 114 valence electrons. The fourth-order valence-electron chi connectivity index (χ4n) is 3.19. The Morgan fingerprint density at radius 3 is 2.67 bits per heavy atom. The van der Waals surface area contributed by atoms with Crippen LogP contribution in [0.25, 0.3) is 0 Å². The third-order valence-electron chi connectivity index (χ3n) is 4.67. The monoisotopic (exact) mass is 327 g/mol. The van der Waals surface area contributed by atoms with Gasteiger partial charge in [0.1, 0.15) is 0 Å². The highest BCUT2D eigenvalue weighted by Crippen LogP contribution is 2.51. The first-order valence-electron chi connectivity index (χ1n) is 7.45. The molecular weight excluding hydrogens is 309 g/mol. The molecule has 2 fully saturated rings. The molecule has 1 N–H and O–H groups in total. The van der Waals surface area contributed by atoms with E-state index in [1.54, 1.807) is 6.07 Å². The molecule has 1 amide bonds. The average molecular weight is 328 g/mol. The lowest BCUT2D eigenvalue weighted by molar-refractivity contribution is -0.134. The van der Waals surface area contributed by atoms with Gasteiger partial charge in [-0.1, -0.05) is 35.3 Å². The summed E-state index contributed by atoms with van der Waals surface area (Å²) in [6.07, 6.45) is 2.66. The van der Waals surface area contributed by atoms with E-state index in [4.69, 9.17) is 28.3 Å². The molecule has 0 radical (unpaired) electrons. The average Bonchev–Trinajstić information content (AvgIpc) is 3.30. The van der Waals surface area contributed by atoms with Crippen molar-refractivity contribution in [2.24, 2.45) is 11.8 Å². The number of amides is 1. The number of hydrogen-bond donors (Lipinski definition) is 1. The van der Waals surface area contributed by atoms with E-state index in [9.17, 15) is 4.79 Å². The van der Waals surface area contributed by atoms with Gasteiger partial charge in [-0.05, 0) is 42.7 Å². The highest BCUT2D eigenvalue weighted by atomic mass is 35.5. The van der Waals surface area contributed by atoms with Crippen LogP contribution in [0.2, 0.25) is 10.0 Å². The Hall–Kier alpha value is -0.770. The Labute approximate surface area is 134 Å². The molecule has 3 nitrogen and oxygen atoms in total. The highest BCUT2D eigenvalue weighted by molar-refractivity contribution is 6.42. The molecule has 3 rings (SSSR count). The normalized spacial score (nSPS) is 26.0. The van der Waals surface area contributed by atoms with E-state index in [1.165, 1.54) is 0 Å². The largest absolute Gasteiger partial charge is 0.396 e. The van der Waals surface area contributed by atoms with Crippen molar-refractivity contribution in [2.45, 2.75) is 25.2 Å². The van der Waals surface area contributed by atoms with E-state index >= 15 is 0 Å². The first kappa shape index (κ1) is 15.1. The van der Waals surface area contributed by atoms with Crippen LogP contribution in [0.4, 0.5) is 0 Å². The van der Waals surface area contributed by atoms with Crippen molar-refractivity contribution in [2.75, 3.05) is 19.7 Å². The fourth-order valence-corrected chi connectivity index (χ4v) is 3.64. The number of benzene rings is 1. The molecule has 0 aromatic heterocycles. The molecular formula is C16H19Cl2NO2. The molecule has 1 saturated heterocycles. The van der Waals surface area contributed by atoms with Crippen LogP contribution in [0.5, 0.6) is 0 Å². The van der Waals surface area contributed by atoms with Gasteiger partial charge in [0.25, 0.3) is 0 Å². The highest BCUT2D eigenvalue weighted by Gasteiger charge is 2.47. The summed E-state index contributed by atoms with van der Waals surface area (Å²) in [4.78, 5) is 14.5. The van der Waals surface area contributed by atoms with Crippen molar-refractivity contribution in [3.05, 3.63) is 33.8 Å². The van der Waals surface area contributed by atoms with E-state index in [0.29, 0.717) is 16.0 Å². The number of carbonyl (C=O) groups excluding carboxylic acids is 1. The quantitative estimate of drug-likeness (QED) is 0.925. The molecule has 5 heteroatoms. The Morgan fingerprint density at radius 1 is 1.29 bits per heavy atom. The summed E-state index contributed by atoms with van der Waals surface area (Å²) >= 11 is 12.3. The number of rotatable bonds is 3. The molecule has 21 heavy (non-hydrogen) atoms. The summed E-state index contributed by atoms with van der Waals surface area (Å²) in [5.74, 6) is 0.838. The standard InChI is InChI=1S/C16H19Cl2NO2/c17-14-3-1-2-11(15(14)18)12-8-13(12)16(21)19-6-4-10(9-20)5-7-19/h1-3,10,12-13,20H,4-9H2. The molecule has 1 aliphatic heterocycles. The Bertz CT molecular complexity index is 541. The number of halogens is 2. The van der Waals surface area contributed by atoms with Gasteiger partial charge >= 0.3 is 0 Å². The SMILES string of the molecule is O=C(C1CC1c1cccc(Cl)c1Cl)N1CCC(CO)CC1. The van der Waals surface area contributed by atoms with Gasteiger partial charge < -0.3 is 10.0 Å². The van der Waals surface area contributed by atoms with E-state index in [0.717, 1.165) is 37.9 Å². The van der Waals surface area contributed by atoms with Gasteiger partial charge in [-0.3, -0.25) is 4.79 Å². The zero-order chi connectivity index (χ0) is 15.0. The van der Waals surface area contributed by atoms with Gasteiger partial charge in [0, 0.05) is 25.6 Å². The van der Waals surface area contributed by atoms with Crippen LogP contribution in [0.1, 0.15) is 30.7 Å². The van der Waals surface area contributed by atoms with Gasteiger partial charge in [0.05, 0.1) is 10.0 Å². The Morgan fingerprint density at radius 2 is 2.00 bits per heavy atom. The molecule has 1 heterocycles. The number of aliphatic hydroxyl groups is 1. The second-order valence-electron chi connectivity index (χ2n) is 6.04. The Balaban J connectivity index is 1.63. The number of nitrogens with zero attached hydrogens (tertiary/aromatic N) is 1. The minimum Gasteiger partial charge on any atom is -0.396 e. The first-order chi connectivity index (χ1) is 10.1. The van der Waals surface area contributed by atoms with Gasteiger partial charge in [0.15, 0.2) is 0 Å². The zero-order valence-electron chi connectivity index (χ0n) is 11.8.